The van der Waals surface area contributed by atoms with Crippen molar-refractivity contribution in [1.29, 1.82) is 0 Å². The lowest BCUT2D eigenvalue weighted by molar-refractivity contribution is 0.588. The zero-order chi connectivity index (χ0) is 15.6. The minimum Gasteiger partial charge on any atom is -0.397 e. The van der Waals surface area contributed by atoms with Crippen molar-refractivity contribution in [1.82, 2.24) is 9.71 Å². The van der Waals surface area contributed by atoms with Crippen LogP contribution in [0.4, 0.5) is 11.4 Å². The Morgan fingerprint density at radius 3 is 2.71 bits per heavy atom. The van der Waals surface area contributed by atoms with E-state index in [1.54, 1.807) is 23.5 Å². The lowest BCUT2D eigenvalue weighted by atomic mass is 10.2. The summed E-state index contributed by atoms with van der Waals surface area (Å²) in [4.78, 5) is 6.48. The third-order valence-corrected chi connectivity index (χ3v) is 5.29. The molecule has 0 unspecified atom stereocenters. The molecule has 3 N–H and O–H groups in total. The van der Waals surface area contributed by atoms with E-state index in [4.69, 9.17) is 5.73 Å². The van der Waals surface area contributed by atoms with Gasteiger partial charge >= 0.3 is 0 Å². The highest BCUT2D eigenvalue weighted by molar-refractivity contribution is 7.89. The Labute approximate surface area is 128 Å². The molecule has 0 aliphatic heterocycles. The first-order valence-corrected chi connectivity index (χ1v) is 8.65. The van der Waals surface area contributed by atoms with Crippen LogP contribution in [0.3, 0.4) is 0 Å². The summed E-state index contributed by atoms with van der Waals surface area (Å²) in [6.07, 6.45) is 0. The fraction of sp³-hybridized carbons (Fsp3) is 0.308. The van der Waals surface area contributed by atoms with Gasteiger partial charge in [-0.05, 0) is 32.2 Å². The molecule has 0 spiro atoms. The van der Waals surface area contributed by atoms with Gasteiger partial charge in [-0.1, -0.05) is 0 Å². The number of sulfonamides is 1. The number of rotatable bonds is 5. The van der Waals surface area contributed by atoms with Crippen molar-refractivity contribution in [2.24, 2.45) is 0 Å². The highest BCUT2D eigenvalue weighted by Gasteiger charge is 2.15. The van der Waals surface area contributed by atoms with Crippen LogP contribution in [0.2, 0.25) is 0 Å². The van der Waals surface area contributed by atoms with E-state index in [9.17, 15) is 8.42 Å². The van der Waals surface area contributed by atoms with E-state index < -0.39 is 10.0 Å². The molecule has 21 heavy (non-hydrogen) atoms. The quantitative estimate of drug-likeness (QED) is 0.814. The van der Waals surface area contributed by atoms with Gasteiger partial charge < -0.3 is 10.6 Å². The van der Waals surface area contributed by atoms with Crippen LogP contribution in [-0.2, 0) is 16.6 Å². The van der Waals surface area contributed by atoms with Crippen LogP contribution < -0.4 is 15.4 Å². The van der Waals surface area contributed by atoms with Gasteiger partial charge in [-0.25, -0.2) is 18.1 Å². The fourth-order valence-corrected chi connectivity index (χ4v) is 3.30. The number of thiazole rings is 1. The van der Waals surface area contributed by atoms with E-state index in [1.807, 2.05) is 24.3 Å². The Morgan fingerprint density at radius 2 is 2.14 bits per heavy atom. The van der Waals surface area contributed by atoms with Gasteiger partial charge in [0, 0.05) is 12.4 Å². The van der Waals surface area contributed by atoms with Crippen LogP contribution in [-0.4, -0.2) is 27.5 Å². The second kappa shape index (κ2) is 6.00. The second-order valence-electron chi connectivity index (χ2n) is 4.64. The highest BCUT2D eigenvalue weighted by Crippen LogP contribution is 2.27. The summed E-state index contributed by atoms with van der Waals surface area (Å²) in [6, 6.07) is 4.66. The zero-order valence-electron chi connectivity index (χ0n) is 12.1. The van der Waals surface area contributed by atoms with E-state index in [-0.39, 0.29) is 4.90 Å². The van der Waals surface area contributed by atoms with Gasteiger partial charge in [-0.3, -0.25) is 0 Å². The van der Waals surface area contributed by atoms with Crippen LogP contribution in [0.15, 0.2) is 28.5 Å². The van der Waals surface area contributed by atoms with Crippen LogP contribution in [0, 0.1) is 6.92 Å². The molecule has 0 saturated carbocycles. The summed E-state index contributed by atoms with van der Waals surface area (Å²) < 4.78 is 26.0. The van der Waals surface area contributed by atoms with Gasteiger partial charge in [-0.15, -0.1) is 11.3 Å². The maximum absolute atomic E-state index is 11.9. The molecule has 1 heterocycles. The summed E-state index contributed by atoms with van der Waals surface area (Å²) >= 11 is 1.58. The number of aromatic nitrogens is 1. The van der Waals surface area contributed by atoms with Crippen molar-refractivity contribution in [3.8, 4) is 0 Å². The molecule has 114 valence electrons. The maximum Gasteiger partial charge on any atom is 0.240 e. The predicted molar refractivity (Wildman–Crippen MR) is 86.1 cm³/mol. The molecule has 0 saturated heterocycles. The fourth-order valence-electron chi connectivity index (χ4n) is 1.95. The molecule has 2 aromatic rings. The molecule has 8 heteroatoms. The van der Waals surface area contributed by atoms with Gasteiger partial charge in [0.25, 0.3) is 0 Å². The standard InChI is InChI=1S/C13H18N4O2S2/c1-9-16-10(8-20-9)7-17(3)13-6-11(4-5-12(13)14)21(18,19)15-2/h4-6,8,15H,7,14H2,1-3H3. The number of anilines is 2. The largest absolute Gasteiger partial charge is 0.397 e. The van der Waals surface area contributed by atoms with Crippen LogP contribution in [0.25, 0.3) is 0 Å². The van der Waals surface area contributed by atoms with E-state index in [2.05, 4.69) is 9.71 Å². The summed E-state index contributed by atoms with van der Waals surface area (Å²) in [5.41, 5.74) is 8.08. The predicted octanol–water partition coefficient (Wildman–Crippen LogP) is 1.58. The van der Waals surface area contributed by atoms with Crippen molar-refractivity contribution in [2.45, 2.75) is 18.4 Å². The zero-order valence-corrected chi connectivity index (χ0v) is 13.8. The van der Waals surface area contributed by atoms with Gasteiger partial charge in [0.2, 0.25) is 10.0 Å². The van der Waals surface area contributed by atoms with Gasteiger partial charge in [0.05, 0.1) is 33.5 Å². The number of nitrogen functional groups attached to an aromatic ring is 1. The average molecular weight is 326 g/mol. The molecule has 0 aliphatic carbocycles. The number of aryl methyl sites for hydroxylation is 1. The molecular weight excluding hydrogens is 308 g/mol. The summed E-state index contributed by atoms with van der Waals surface area (Å²) in [7, 11) is -0.246. The van der Waals surface area contributed by atoms with Crippen LogP contribution >= 0.6 is 11.3 Å². The van der Waals surface area contributed by atoms with Gasteiger partial charge in [0.15, 0.2) is 0 Å². The summed E-state index contributed by atoms with van der Waals surface area (Å²) in [6.45, 7) is 2.51. The number of nitrogens with one attached hydrogen (secondary N) is 1. The van der Waals surface area contributed by atoms with E-state index in [0.29, 0.717) is 17.9 Å². The first kappa shape index (κ1) is 15.7. The Balaban J connectivity index is 2.32. The van der Waals surface area contributed by atoms with E-state index in [0.717, 1.165) is 10.7 Å². The number of benzene rings is 1. The SMILES string of the molecule is CNS(=O)(=O)c1ccc(N)c(N(C)Cc2csc(C)n2)c1. The number of hydrogen-bond donors (Lipinski definition) is 2. The van der Waals surface area contributed by atoms with Crippen LogP contribution in [0.5, 0.6) is 0 Å². The Bertz CT molecular complexity index is 740. The Morgan fingerprint density at radius 1 is 1.43 bits per heavy atom. The molecule has 0 fully saturated rings. The van der Waals surface area contributed by atoms with Crippen molar-refractivity contribution in [3.63, 3.8) is 0 Å². The Hall–Kier alpha value is -1.64. The topological polar surface area (TPSA) is 88.3 Å². The van der Waals surface area contributed by atoms with E-state index in [1.165, 1.54) is 13.1 Å². The summed E-state index contributed by atoms with van der Waals surface area (Å²) in [5.74, 6) is 0. The molecule has 1 aromatic heterocycles. The molecule has 0 aliphatic rings. The van der Waals surface area contributed by atoms with Crippen LogP contribution in [0.1, 0.15) is 10.7 Å². The number of nitrogens with zero attached hydrogens (tertiary/aromatic N) is 2. The third kappa shape index (κ3) is 3.52. The van der Waals surface area contributed by atoms with Crippen molar-refractivity contribution >= 4 is 32.7 Å². The van der Waals surface area contributed by atoms with Crippen molar-refractivity contribution in [2.75, 3.05) is 24.7 Å². The monoisotopic (exact) mass is 326 g/mol. The maximum atomic E-state index is 11.9. The first-order chi connectivity index (χ1) is 9.83. The smallest absolute Gasteiger partial charge is 0.240 e. The van der Waals surface area contributed by atoms with Crippen molar-refractivity contribution < 1.29 is 8.42 Å². The third-order valence-electron chi connectivity index (χ3n) is 3.06. The second-order valence-corrected chi connectivity index (χ2v) is 7.59. The van der Waals surface area contributed by atoms with Gasteiger partial charge in [-0.2, -0.15) is 0 Å². The molecule has 0 amide bonds. The molecule has 6 nitrogen and oxygen atoms in total. The minimum absolute atomic E-state index is 0.190. The normalized spacial score (nSPS) is 11.6. The minimum atomic E-state index is -3.49. The lowest BCUT2D eigenvalue weighted by Crippen LogP contribution is -2.21. The molecular formula is C13H18N4O2S2. The summed E-state index contributed by atoms with van der Waals surface area (Å²) in [5, 5.41) is 2.98. The average Bonchev–Trinajstić information content (AvgIpc) is 2.84. The molecule has 0 bridgehead atoms. The van der Waals surface area contributed by atoms with E-state index >= 15 is 0 Å². The molecule has 0 radical (unpaired) electrons. The molecule has 1 aromatic carbocycles. The number of nitrogens with two attached hydrogens (primary N) is 1. The molecule has 2 rings (SSSR count). The number of hydrogen-bond acceptors (Lipinski definition) is 6. The lowest BCUT2D eigenvalue weighted by Gasteiger charge is -2.21. The highest BCUT2D eigenvalue weighted by atomic mass is 32.2. The molecule has 0 atom stereocenters. The Kier molecular flexibility index (Phi) is 4.50. The van der Waals surface area contributed by atoms with Gasteiger partial charge in [0.1, 0.15) is 0 Å². The first-order valence-electron chi connectivity index (χ1n) is 6.28. The van der Waals surface area contributed by atoms with Crippen molar-refractivity contribution in [3.05, 3.63) is 34.3 Å².